The highest BCUT2D eigenvalue weighted by atomic mass is 79.9. The number of amides is 2. The number of hydrogen-bond acceptors (Lipinski definition) is 3. The molecule has 2 amide bonds. The molecular formula is C18H19BrN2O3. The van der Waals surface area contributed by atoms with Crippen molar-refractivity contribution in [1.82, 2.24) is 4.90 Å². The van der Waals surface area contributed by atoms with Crippen molar-refractivity contribution in [2.75, 3.05) is 13.7 Å². The number of likely N-dealkylation sites (N-methyl/N-ethyl adjacent to an activating group) is 1. The number of nitrogens with two attached hydrogens (primary N) is 1. The van der Waals surface area contributed by atoms with E-state index in [1.165, 1.54) is 0 Å². The summed E-state index contributed by atoms with van der Waals surface area (Å²) < 4.78 is 6.49. The van der Waals surface area contributed by atoms with Gasteiger partial charge in [0.1, 0.15) is 5.75 Å². The van der Waals surface area contributed by atoms with Crippen molar-refractivity contribution >= 4 is 27.7 Å². The highest BCUT2D eigenvalue weighted by molar-refractivity contribution is 9.10. The van der Waals surface area contributed by atoms with Crippen molar-refractivity contribution in [3.05, 3.63) is 64.1 Å². The van der Waals surface area contributed by atoms with Gasteiger partial charge in [0.25, 0.3) is 5.91 Å². The fourth-order valence-electron chi connectivity index (χ4n) is 2.11. The molecule has 0 radical (unpaired) electrons. The van der Waals surface area contributed by atoms with Gasteiger partial charge in [-0.2, -0.15) is 0 Å². The molecule has 0 bridgehead atoms. The average molecular weight is 391 g/mol. The van der Waals surface area contributed by atoms with Crippen LogP contribution in [0, 0.1) is 0 Å². The van der Waals surface area contributed by atoms with E-state index in [2.05, 4.69) is 15.9 Å². The normalized spacial score (nSPS) is 10.2. The van der Waals surface area contributed by atoms with Crippen LogP contribution in [0.1, 0.15) is 11.1 Å². The van der Waals surface area contributed by atoms with Gasteiger partial charge in [0.05, 0.1) is 6.42 Å². The van der Waals surface area contributed by atoms with E-state index < -0.39 is 0 Å². The lowest BCUT2D eigenvalue weighted by Crippen LogP contribution is -2.30. The molecule has 0 atom stereocenters. The Balaban J connectivity index is 1.83. The number of benzene rings is 2. The van der Waals surface area contributed by atoms with Gasteiger partial charge in [-0.15, -0.1) is 0 Å². The lowest BCUT2D eigenvalue weighted by molar-refractivity contribution is -0.132. The van der Waals surface area contributed by atoms with Crippen LogP contribution < -0.4 is 10.5 Å². The van der Waals surface area contributed by atoms with Crippen LogP contribution in [-0.4, -0.2) is 30.4 Å². The van der Waals surface area contributed by atoms with Crippen LogP contribution in [0.25, 0.3) is 0 Å². The first-order valence-corrected chi connectivity index (χ1v) is 8.22. The minimum absolute atomic E-state index is 0.0395. The molecule has 6 heteroatoms. The number of carbonyl (C=O) groups excluding carboxylic acids is 2. The maximum Gasteiger partial charge on any atom is 0.260 e. The summed E-state index contributed by atoms with van der Waals surface area (Å²) in [6, 6.07) is 14.8. The van der Waals surface area contributed by atoms with E-state index in [0.717, 1.165) is 15.6 Å². The molecule has 2 aromatic carbocycles. The van der Waals surface area contributed by atoms with E-state index in [0.29, 0.717) is 12.3 Å². The minimum atomic E-state index is -0.381. The first-order chi connectivity index (χ1) is 11.4. The Morgan fingerprint density at radius 2 is 1.62 bits per heavy atom. The van der Waals surface area contributed by atoms with Crippen molar-refractivity contribution < 1.29 is 14.3 Å². The number of hydrogen-bond donors (Lipinski definition) is 1. The van der Waals surface area contributed by atoms with Crippen molar-refractivity contribution in [2.24, 2.45) is 5.73 Å². The maximum atomic E-state index is 12.1. The van der Waals surface area contributed by atoms with E-state index in [4.69, 9.17) is 10.5 Å². The van der Waals surface area contributed by atoms with Gasteiger partial charge in [-0.1, -0.05) is 40.2 Å². The molecule has 2 aromatic rings. The van der Waals surface area contributed by atoms with Gasteiger partial charge in [0, 0.05) is 18.1 Å². The number of nitrogens with zero attached hydrogens (tertiary/aromatic N) is 1. The molecule has 2 N–H and O–H groups in total. The van der Waals surface area contributed by atoms with Crippen molar-refractivity contribution in [3.63, 3.8) is 0 Å². The van der Waals surface area contributed by atoms with Gasteiger partial charge in [-0.05, 0) is 35.4 Å². The lowest BCUT2D eigenvalue weighted by atomic mass is 10.1. The second-order valence-electron chi connectivity index (χ2n) is 5.45. The fraction of sp³-hybridized carbons (Fsp3) is 0.222. The topological polar surface area (TPSA) is 72.6 Å². The van der Waals surface area contributed by atoms with Gasteiger partial charge in [-0.3, -0.25) is 9.59 Å². The number of primary amides is 1. The van der Waals surface area contributed by atoms with Crippen molar-refractivity contribution in [3.8, 4) is 5.75 Å². The zero-order valence-electron chi connectivity index (χ0n) is 13.4. The number of rotatable bonds is 7. The summed E-state index contributed by atoms with van der Waals surface area (Å²) >= 11 is 3.38. The molecule has 0 fully saturated rings. The van der Waals surface area contributed by atoms with E-state index >= 15 is 0 Å². The first kappa shape index (κ1) is 18.0. The molecule has 0 saturated heterocycles. The third kappa shape index (κ3) is 5.70. The quantitative estimate of drug-likeness (QED) is 0.789. The largest absolute Gasteiger partial charge is 0.484 e. The molecule has 0 aliphatic carbocycles. The average Bonchev–Trinajstić information content (AvgIpc) is 2.55. The van der Waals surface area contributed by atoms with E-state index in [1.807, 2.05) is 24.3 Å². The van der Waals surface area contributed by atoms with Crippen LogP contribution in [0.2, 0.25) is 0 Å². The van der Waals surface area contributed by atoms with Crippen LogP contribution >= 0.6 is 15.9 Å². The summed E-state index contributed by atoms with van der Waals surface area (Å²) in [5.74, 6) is 0.0844. The van der Waals surface area contributed by atoms with Crippen LogP contribution in [0.4, 0.5) is 0 Å². The van der Waals surface area contributed by atoms with Crippen molar-refractivity contribution in [1.29, 1.82) is 0 Å². The molecular weight excluding hydrogens is 372 g/mol. The van der Waals surface area contributed by atoms with Crippen LogP contribution in [-0.2, 0) is 22.6 Å². The van der Waals surface area contributed by atoms with E-state index in [1.54, 1.807) is 36.2 Å². The summed E-state index contributed by atoms with van der Waals surface area (Å²) in [6.45, 7) is 0.481. The van der Waals surface area contributed by atoms with Crippen molar-refractivity contribution in [2.45, 2.75) is 13.0 Å². The third-order valence-electron chi connectivity index (χ3n) is 3.42. The SMILES string of the molecule is CN(Cc1ccc(Br)cc1)C(=O)COc1ccc(CC(N)=O)cc1. The second-order valence-corrected chi connectivity index (χ2v) is 6.37. The first-order valence-electron chi connectivity index (χ1n) is 7.42. The summed E-state index contributed by atoms with van der Waals surface area (Å²) in [7, 11) is 1.74. The Hall–Kier alpha value is -2.34. The monoisotopic (exact) mass is 390 g/mol. The standard InChI is InChI=1S/C18H19BrN2O3/c1-21(11-14-2-6-15(19)7-3-14)18(23)12-24-16-8-4-13(5-9-16)10-17(20)22/h2-9H,10-12H2,1H3,(H2,20,22). The van der Waals surface area contributed by atoms with E-state index in [-0.39, 0.29) is 24.8 Å². The van der Waals surface area contributed by atoms with Gasteiger partial charge in [-0.25, -0.2) is 0 Å². The number of carbonyl (C=O) groups is 2. The molecule has 0 heterocycles. The Morgan fingerprint density at radius 1 is 1.04 bits per heavy atom. The zero-order chi connectivity index (χ0) is 17.5. The van der Waals surface area contributed by atoms with Gasteiger partial charge in [0.2, 0.25) is 5.91 Å². The Bertz CT molecular complexity index is 699. The highest BCUT2D eigenvalue weighted by Gasteiger charge is 2.10. The van der Waals surface area contributed by atoms with Gasteiger partial charge < -0.3 is 15.4 Å². The molecule has 0 aliphatic heterocycles. The van der Waals surface area contributed by atoms with E-state index in [9.17, 15) is 9.59 Å². The minimum Gasteiger partial charge on any atom is -0.484 e. The van der Waals surface area contributed by atoms with Gasteiger partial charge >= 0.3 is 0 Å². The summed E-state index contributed by atoms with van der Waals surface area (Å²) in [4.78, 5) is 24.6. The fourth-order valence-corrected chi connectivity index (χ4v) is 2.38. The zero-order valence-corrected chi connectivity index (χ0v) is 15.0. The molecule has 0 aliphatic rings. The Kier molecular flexibility index (Phi) is 6.37. The Labute approximate surface area is 149 Å². The smallest absolute Gasteiger partial charge is 0.260 e. The number of halogens is 1. The highest BCUT2D eigenvalue weighted by Crippen LogP contribution is 2.14. The lowest BCUT2D eigenvalue weighted by Gasteiger charge is -2.17. The maximum absolute atomic E-state index is 12.1. The molecule has 0 saturated carbocycles. The van der Waals surface area contributed by atoms with Gasteiger partial charge in [0.15, 0.2) is 6.61 Å². The second kappa shape index (κ2) is 8.49. The van der Waals surface area contributed by atoms with Crippen LogP contribution in [0.3, 0.4) is 0 Å². The molecule has 0 aromatic heterocycles. The summed E-state index contributed by atoms with van der Waals surface area (Å²) in [5.41, 5.74) is 7.00. The predicted molar refractivity (Wildman–Crippen MR) is 95.5 cm³/mol. The molecule has 0 unspecified atom stereocenters. The molecule has 24 heavy (non-hydrogen) atoms. The molecule has 0 spiro atoms. The molecule has 2 rings (SSSR count). The number of ether oxygens (including phenoxy) is 1. The predicted octanol–water partition coefficient (Wildman–Crippen LogP) is 2.51. The summed E-state index contributed by atoms with van der Waals surface area (Å²) in [6.07, 6.45) is 0.190. The molecule has 5 nitrogen and oxygen atoms in total. The Morgan fingerprint density at radius 3 is 2.21 bits per heavy atom. The summed E-state index contributed by atoms with van der Waals surface area (Å²) in [5, 5.41) is 0. The van der Waals surface area contributed by atoms with Crippen LogP contribution in [0.15, 0.2) is 53.0 Å². The molecule has 126 valence electrons. The van der Waals surface area contributed by atoms with Crippen LogP contribution in [0.5, 0.6) is 5.75 Å². The third-order valence-corrected chi connectivity index (χ3v) is 3.95.